The van der Waals surface area contributed by atoms with Gasteiger partial charge in [-0.3, -0.25) is 4.90 Å². The maximum Gasteiger partial charge on any atom is 0.0793 e. The monoisotopic (exact) mass is 511 g/mol. The van der Waals surface area contributed by atoms with Crippen molar-refractivity contribution in [3.8, 4) is 0 Å². The standard InChI is InChI=1S/C32H49NO4/c1-20-14-27-28(33(18-20)10-11-36-13-12-35-3)26-17-31-19-30(31)16-25-23(24(30)7-9-32(26,31)37-27)5-4-21-15-22(34)6-8-29(21,25)2/h15,20,22-28,34H,4-14,16-19H2,1-3H3/t20-,22-,23-,24-,25-,26+,27+,28-,29?,30?,31?,32+/m0/s1. The Morgan fingerprint density at radius 3 is 2.84 bits per heavy atom. The second kappa shape index (κ2) is 8.06. The average molecular weight is 512 g/mol. The number of ether oxygens (including phenoxy) is 3. The molecule has 5 nitrogen and oxygen atoms in total. The van der Waals surface area contributed by atoms with E-state index in [1.54, 1.807) is 12.7 Å². The lowest BCUT2D eigenvalue weighted by Crippen LogP contribution is -2.64. The largest absolute Gasteiger partial charge is 0.389 e. The van der Waals surface area contributed by atoms with E-state index >= 15 is 0 Å². The molecule has 0 aromatic rings. The summed E-state index contributed by atoms with van der Waals surface area (Å²) in [4.78, 5) is 2.78. The summed E-state index contributed by atoms with van der Waals surface area (Å²) in [5, 5.41) is 10.4. The Kier molecular flexibility index (Phi) is 5.30. The molecule has 8 rings (SSSR count). The summed E-state index contributed by atoms with van der Waals surface area (Å²) in [6.07, 6.45) is 15.6. The first-order valence-electron chi connectivity index (χ1n) is 15.8. The highest BCUT2D eigenvalue weighted by molar-refractivity contribution is 5.41. The Morgan fingerprint density at radius 2 is 1.97 bits per heavy atom. The minimum absolute atomic E-state index is 0.174. The van der Waals surface area contributed by atoms with E-state index in [0.29, 0.717) is 47.5 Å². The Balaban J connectivity index is 1.04. The van der Waals surface area contributed by atoms with Crippen LogP contribution in [0.1, 0.15) is 78.1 Å². The summed E-state index contributed by atoms with van der Waals surface area (Å²) < 4.78 is 18.5. The van der Waals surface area contributed by atoms with Crippen LogP contribution in [0.3, 0.4) is 0 Å². The van der Waals surface area contributed by atoms with E-state index in [0.717, 1.165) is 43.2 Å². The minimum Gasteiger partial charge on any atom is -0.389 e. The van der Waals surface area contributed by atoms with Crippen molar-refractivity contribution in [3.63, 3.8) is 0 Å². The van der Waals surface area contributed by atoms with Crippen molar-refractivity contribution in [3.05, 3.63) is 11.6 Å². The SMILES string of the molecule is COCCOCCN1C[C@@H](C)C[C@H]2O[C@@]34CC[C@H]5[C@@H]6CCC7=C[C@@H](O)CCC7(C)[C@H]6CC56CC63C[C@@H]4[C@@H]21. The fraction of sp³-hybridized carbons (Fsp3) is 0.938. The molecule has 2 heterocycles. The highest BCUT2D eigenvalue weighted by Gasteiger charge is 2.91. The van der Waals surface area contributed by atoms with Gasteiger partial charge in [-0.2, -0.15) is 0 Å². The number of aliphatic hydroxyl groups is 1. The number of nitrogens with zero attached hydrogens (tertiary/aromatic N) is 1. The highest BCUT2D eigenvalue weighted by Crippen LogP contribution is 2.93. The molecule has 2 saturated heterocycles. The lowest BCUT2D eigenvalue weighted by Gasteiger charge is -2.60. The van der Waals surface area contributed by atoms with Crippen LogP contribution >= 0.6 is 0 Å². The van der Waals surface area contributed by atoms with Crippen LogP contribution in [0.25, 0.3) is 0 Å². The summed E-state index contributed by atoms with van der Waals surface area (Å²) in [6, 6.07) is 0.609. The summed E-state index contributed by atoms with van der Waals surface area (Å²) in [5.41, 5.74) is 3.18. The summed E-state index contributed by atoms with van der Waals surface area (Å²) in [7, 11) is 1.75. The number of piperidine rings is 1. The van der Waals surface area contributed by atoms with Crippen LogP contribution in [0.5, 0.6) is 0 Å². The van der Waals surface area contributed by atoms with Gasteiger partial charge < -0.3 is 19.3 Å². The summed E-state index contributed by atoms with van der Waals surface area (Å²) in [6.45, 7) is 9.44. The molecular formula is C32H49NO4. The summed E-state index contributed by atoms with van der Waals surface area (Å²) in [5.74, 6) is 4.13. The molecule has 0 aromatic heterocycles. The van der Waals surface area contributed by atoms with Crippen LogP contribution in [0.4, 0.5) is 0 Å². The van der Waals surface area contributed by atoms with Crippen molar-refractivity contribution in [1.29, 1.82) is 0 Å². The predicted octanol–water partition coefficient (Wildman–Crippen LogP) is 4.82. The van der Waals surface area contributed by atoms with Gasteiger partial charge in [-0.05, 0) is 98.7 Å². The number of hydrogen-bond acceptors (Lipinski definition) is 5. The molecule has 0 aromatic carbocycles. The van der Waals surface area contributed by atoms with Crippen LogP contribution in [0.2, 0.25) is 0 Å². The van der Waals surface area contributed by atoms with Gasteiger partial charge in [0, 0.05) is 37.6 Å². The third kappa shape index (κ3) is 2.94. The molecule has 206 valence electrons. The third-order valence-electron chi connectivity index (χ3n) is 13.9. The van der Waals surface area contributed by atoms with Crippen LogP contribution in [0, 0.1) is 45.8 Å². The lowest BCUT2D eigenvalue weighted by molar-refractivity contribution is -0.211. The number of hydrogen-bond donors (Lipinski definition) is 1. The molecule has 1 N–H and O–H groups in total. The van der Waals surface area contributed by atoms with Crippen LogP contribution in [0.15, 0.2) is 11.6 Å². The fourth-order valence-electron chi connectivity index (χ4n) is 12.6. The van der Waals surface area contributed by atoms with E-state index in [9.17, 15) is 5.11 Å². The quantitative estimate of drug-likeness (QED) is 0.409. The number of aliphatic hydroxyl groups excluding tert-OH is 1. The molecule has 2 aliphatic heterocycles. The smallest absolute Gasteiger partial charge is 0.0793 e. The first-order chi connectivity index (χ1) is 17.9. The molecular weight excluding hydrogens is 462 g/mol. The maximum absolute atomic E-state index is 10.4. The van der Waals surface area contributed by atoms with Crippen molar-refractivity contribution < 1.29 is 19.3 Å². The second-order valence-corrected chi connectivity index (χ2v) is 15.1. The van der Waals surface area contributed by atoms with E-state index in [-0.39, 0.29) is 11.7 Å². The van der Waals surface area contributed by atoms with Crippen molar-refractivity contribution in [2.45, 2.75) is 102 Å². The molecule has 6 aliphatic carbocycles. The van der Waals surface area contributed by atoms with E-state index in [2.05, 4.69) is 24.8 Å². The fourth-order valence-corrected chi connectivity index (χ4v) is 12.6. The molecule has 0 amide bonds. The second-order valence-electron chi connectivity index (χ2n) is 15.1. The zero-order valence-corrected chi connectivity index (χ0v) is 23.4. The molecule has 8 aliphatic rings. The molecule has 5 heteroatoms. The van der Waals surface area contributed by atoms with E-state index < -0.39 is 0 Å². The molecule has 7 fully saturated rings. The van der Waals surface area contributed by atoms with Crippen LogP contribution in [-0.4, -0.2) is 73.9 Å². The number of allylic oxidation sites excluding steroid dienone is 1. The number of likely N-dealkylation sites (tertiary alicyclic amines) is 1. The molecule has 3 spiro atoms. The predicted molar refractivity (Wildman–Crippen MR) is 142 cm³/mol. The van der Waals surface area contributed by atoms with Crippen LogP contribution < -0.4 is 0 Å². The summed E-state index contributed by atoms with van der Waals surface area (Å²) >= 11 is 0. The van der Waals surface area contributed by atoms with Gasteiger partial charge in [0.05, 0.1) is 37.6 Å². The van der Waals surface area contributed by atoms with E-state index in [1.165, 1.54) is 64.3 Å². The van der Waals surface area contributed by atoms with E-state index in [1.807, 2.05) is 0 Å². The van der Waals surface area contributed by atoms with Gasteiger partial charge in [0.1, 0.15) is 0 Å². The Hall–Kier alpha value is -0.460. The van der Waals surface area contributed by atoms with Gasteiger partial charge >= 0.3 is 0 Å². The number of rotatable bonds is 6. The first kappa shape index (κ1) is 24.3. The number of fused-ring (bicyclic) bond motifs is 6. The van der Waals surface area contributed by atoms with Crippen molar-refractivity contribution in [2.75, 3.05) is 40.0 Å². The lowest BCUT2D eigenvalue weighted by atomic mass is 9.47. The Bertz CT molecular complexity index is 984. The van der Waals surface area contributed by atoms with Crippen molar-refractivity contribution in [1.82, 2.24) is 4.90 Å². The van der Waals surface area contributed by atoms with E-state index in [4.69, 9.17) is 14.2 Å². The number of methoxy groups -OCH3 is 1. The van der Waals surface area contributed by atoms with Gasteiger partial charge in [0.2, 0.25) is 0 Å². The maximum atomic E-state index is 10.4. The van der Waals surface area contributed by atoms with Gasteiger partial charge in [-0.1, -0.05) is 25.5 Å². The van der Waals surface area contributed by atoms with Gasteiger partial charge in [-0.25, -0.2) is 0 Å². The minimum atomic E-state index is -0.199. The molecule has 12 atom stereocenters. The molecule has 37 heavy (non-hydrogen) atoms. The molecule has 3 unspecified atom stereocenters. The highest BCUT2D eigenvalue weighted by atomic mass is 16.5. The van der Waals surface area contributed by atoms with Gasteiger partial charge in [0.15, 0.2) is 0 Å². The Labute approximate surface area is 223 Å². The molecule has 5 saturated carbocycles. The van der Waals surface area contributed by atoms with Gasteiger partial charge in [-0.15, -0.1) is 0 Å². The topological polar surface area (TPSA) is 51.2 Å². The Morgan fingerprint density at radius 1 is 1.08 bits per heavy atom. The normalized spacial score (nSPS) is 57.0. The van der Waals surface area contributed by atoms with Crippen molar-refractivity contribution >= 4 is 0 Å². The zero-order chi connectivity index (χ0) is 25.2. The first-order valence-corrected chi connectivity index (χ1v) is 15.8. The van der Waals surface area contributed by atoms with Crippen LogP contribution in [-0.2, 0) is 14.2 Å². The zero-order valence-electron chi connectivity index (χ0n) is 23.4. The third-order valence-corrected chi connectivity index (χ3v) is 13.9. The average Bonchev–Trinajstić information content (AvgIpc) is 3.35. The van der Waals surface area contributed by atoms with Crippen molar-refractivity contribution in [2.24, 2.45) is 45.8 Å². The molecule has 0 radical (unpaired) electrons. The molecule has 0 bridgehead atoms. The van der Waals surface area contributed by atoms with Gasteiger partial charge in [0.25, 0.3) is 0 Å².